The summed E-state index contributed by atoms with van der Waals surface area (Å²) in [6, 6.07) is 8.19. The van der Waals surface area contributed by atoms with Gasteiger partial charge in [-0.3, -0.25) is 23.7 Å². The number of hydrogen-bond acceptors (Lipinski definition) is 9. The van der Waals surface area contributed by atoms with Gasteiger partial charge in [0, 0.05) is 12.6 Å². The van der Waals surface area contributed by atoms with Crippen molar-refractivity contribution in [3.63, 3.8) is 0 Å². The summed E-state index contributed by atoms with van der Waals surface area (Å²) in [6.45, 7) is 2.49. The van der Waals surface area contributed by atoms with Gasteiger partial charge in [0.2, 0.25) is 0 Å². The number of esters is 1. The summed E-state index contributed by atoms with van der Waals surface area (Å²) in [5.41, 5.74) is -2.55. The van der Waals surface area contributed by atoms with Gasteiger partial charge in [-0.25, -0.2) is 9.36 Å². The van der Waals surface area contributed by atoms with Crippen molar-refractivity contribution in [2.24, 2.45) is 0 Å². The van der Waals surface area contributed by atoms with E-state index >= 15 is 0 Å². The number of rotatable bonds is 10. The van der Waals surface area contributed by atoms with Crippen LogP contribution in [0, 0.1) is 0 Å². The topological polar surface area (TPSA) is 158 Å². The van der Waals surface area contributed by atoms with Gasteiger partial charge >= 0.3 is 19.4 Å². The first-order chi connectivity index (χ1) is 17.0. The number of H-pyrrole nitrogens is 1. The van der Waals surface area contributed by atoms with E-state index in [0.717, 1.165) is 4.57 Å². The van der Waals surface area contributed by atoms with Crippen molar-refractivity contribution in [3.05, 3.63) is 67.9 Å². The molecule has 14 heteroatoms. The lowest BCUT2D eigenvalue weighted by Crippen LogP contribution is -2.47. The maximum atomic E-state index is 13.6. The van der Waals surface area contributed by atoms with Crippen LogP contribution in [0.1, 0.15) is 32.1 Å². The molecule has 1 aromatic heterocycles. The second kappa shape index (κ2) is 11.7. The molecule has 1 aliphatic heterocycles. The Morgan fingerprint density at radius 2 is 2.06 bits per heavy atom. The van der Waals surface area contributed by atoms with Crippen LogP contribution in [0.15, 0.2) is 51.1 Å². The third kappa shape index (κ3) is 6.81. The molecule has 3 N–H and O–H groups in total. The second-order valence-electron chi connectivity index (χ2n) is 8.40. The van der Waals surface area contributed by atoms with Crippen molar-refractivity contribution < 1.29 is 33.0 Å². The lowest BCUT2D eigenvalue weighted by atomic mass is 10.1. The average Bonchev–Trinajstić information content (AvgIpc) is 3.19. The molecule has 2 unspecified atom stereocenters. The van der Waals surface area contributed by atoms with Crippen LogP contribution >= 0.6 is 23.7 Å². The predicted molar refractivity (Wildman–Crippen MR) is 134 cm³/mol. The van der Waals surface area contributed by atoms with Crippen LogP contribution in [0.4, 0.5) is 0 Å². The minimum absolute atomic E-state index is 0.00235. The number of nitrogens with one attached hydrogen (secondary N) is 2. The lowest BCUT2D eigenvalue weighted by molar-refractivity contribution is -0.146. The van der Waals surface area contributed by atoms with E-state index in [1.54, 1.807) is 30.3 Å². The molecule has 0 radical (unpaired) electrons. The third-order valence-corrected chi connectivity index (χ3v) is 7.28. The van der Waals surface area contributed by atoms with Gasteiger partial charge in [0.25, 0.3) is 5.56 Å². The molecule has 0 spiro atoms. The van der Waals surface area contributed by atoms with Gasteiger partial charge in [0.15, 0.2) is 0 Å². The quantitative estimate of drug-likeness (QED) is 0.278. The van der Waals surface area contributed by atoms with Crippen LogP contribution in [0.5, 0.6) is 5.75 Å². The third-order valence-electron chi connectivity index (χ3n) is 5.24. The van der Waals surface area contributed by atoms with Gasteiger partial charge in [0.05, 0.1) is 25.4 Å². The number of methoxy groups -OCH3 is 1. The Morgan fingerprint density at radius 3 is 2.69 bits per heavy atom. The molecule has 0 amide bonds. The van der Waals surface area contributed by atoms with Crippen molar-refractivity contribution in [2.45, 2.75) is 44.2 Å². The van der Waals surface area contributed by atoms with E-state index in [2.05, 4.69) is 26.0 Å². The predicted octanol–water partition coefficient (Wildman–Crippen LogP) is 2.30. The van der Waals surface area contributed by atoms with E-state index in [1.807, 2.05) is 0 Å². The number of aliphatic hydroxyl groups excluding tert-OH is 1. The van der Waals surface area contributed by atoms with Gasteiger partial charge in [-0.1, -0.05) is 34.1 Å². The largest absolute Gasteiger partial charge is 0.468 e. The Kier molecular flexibility index (Phi) is 9.09. The maximum Gasteiger partial charge on any atom is 0.459 e. The summed E-state index contributed by atoms with van der Waals surface area (Å²) in [6.07, 6.45) is -0.254. The monoisotopic (exact) mass is 587 g/mol. The lowest BCUT2D eigenvalue weighted by Gasteiger charge is -2.29. The van der Waals surface area contributed by atoms with E-state index in [9.17, 15) is 24.1 Å². The summed E-state index contributed by atoms with van der Waals surface area (Å²) in [5.74, 6) is -0.488. The van der Waals surface area contributed by atoms with Crippen molar-refractivity contribution in [1.82, 2.24) is 14.6 Å². The summed E-state index contributed by atoms with van der Waals surface area (Å²) in [5, 5.41) is 13.1. The number of benzene rings is 1. The first kappa shape index (κ1) is 28.0. The number of nitrogens with zero attached hydrogens (tertiary/aromatic N) is 1. The normalized spacial score (nSPS) is 21.9. The zero-order valence-electron chi connectivity index (χ0n) is 19.8. The van der Waals surface area contributed by atoms with E-state index < -0.39 is 55.5 Å². The SMILES string of the molecule is COC(=O)C(C)(C)NP(=O)(OC[C@H]1O[C@@H](n2cc(C=CBr)c(=O)[nH]c2=O)CC1O)Oc1ccccc1. The zero-order chi connectivity index (χ0) is 26.5. The van der Waals surface area contributed by atoms with E-state index in [4.69, 9.17) is 18.5 Å². The molecule has 1 fully saturated rings. The fraction of sp³-hybridized carbons (Fsp3) is 0.409. The van der Waals surface area contributed by atoms with Crippen molar-refractivity contribution in [1.29, 1.82) is 0 Å². The molecule has 1 aromatic carbocycles. The maximum absolute atomic E-state index is 13.6. The number of para-hydroxylation sites is 1. The molecule has 1 saturated heterocycles. The van der Waals surface area contributed by atoms with Crippen LogP contribution in [0.2, 0.25) is 0 Å². The van der Waals surface area contributed by atoms with Crippen molar-refractivity contribution >= 4 is 35.7 Å². The van der Waals surface area contributed by atoms with Gasteiger partial charge in [0.1, 0.15) is 23.6 Å². The van der Waals surface area contributed by atoms with Gasteiger partial charge in [-0.2, -0.15) is 5.09 Å². The Bertz CT molecular complexity index is 1260. The Morgan fingerprint density at radius 1 is 1.36 bits per heavy atom. The molecule has 1 aliphatic rings. The smallest absolute Gasteiger partial charge is 0.459 e. The van der Waals surface area contributed by atoms with Crippen LogP contribution in [-0.4, -0.2) is 52.1 Å². The van der Waals surface area contributed by atoms with Crippen molar-refractivity contribution in [3.8, 4) is 5.75 Å². The number of ether oxygens (including phenoxy) is 2. The molecule has 36 heavy (non-hydrogen) atoms. The van der Waals surface area contributed by atoms with Gasteiger partial charge in [-0.15, -0.1) is 0 Å². The van der Waals surface area contributed by atoms with Crippen LogP contribution in [-0.2, 0) is 23.4 Å². The van der Waals surface area contributed by atoms with Gasteiger partial charge < -0.3 is 19.1 Å². The standard InChI is InChI=1S/C22H27BrN3O9P/c1-22(2,20(29)32-3)25-36(31,35-15-7-5-4-6-8-15)33-13-17-16(27)11-18(34-17)26-12-14(9-10-23)19(28)24-21(26)30/h4-10,12,16-18,27H,11,13H2,1-3H3,(H,25,31)(H,24,28,30)/t16?,17-,18-,36?/m1/s1. The molecule has 2 aromatic rings. The molecule has 0 saturated carbocycles. The molecule has 0 aliphatic carbocycles. The minimum Gasteiger partial charge on any atom is -0.468 e. The van der Waals surface area contributed by atoms with E-state index in [-0.39, 0.29) is 17.7 Å². The fourth-order valence-electron chi connectivity index (χ4n) is 3.45. The first-order valence-corrected chi connectivity index (χ1v) is 13.3. The summed E-state index contributed by atoms with van der Waals surface area (Å²) < 4.78 is 36.5. The Labute approximate surface area is 214 Å². The molecular formula is C22H27BrN3O9P. The molecular weight excluding hydrogens is 561 g/mol. The van der Waals surface area contributed by atoms with E-state index in [0.29, 0.717) is 0 Å². The van der Waals surface area contributed by atoms with Crippen LogP contribution in [0.3, 0.4) is 0 Å². The number of carbonyl (C=O) groups is 1. The molecule has 2 heterocycles. The number of aromatic nitrogens is 2. The highest BCUT2D eigenvalue weighted by Crippen LogP contribution is 2.47. The Balaban J connectivity index is 1.79. The molecule has 3 rings (SSSR count). The average molecular weight is 588 g/mol. The number of aromatic amines is 1. The fourth-order valence-corrected chi connectivity index (χ4v) is 5.42. The summed E-state index contributed by atoms with van der Waals surface area (Å²) in [4.78, 5) is 40.1. The van der Waals surface area contributed by atoms with Crippen LogP contribution < -0.4 is 20.9 Å². The molecule has 0 bridgehead atoms. The van der Waals surface area contributed by atoms with Crippen molar-refractivity contribution in [2.75, 3.05) is 13.7 Å². The van der Waals surface area contributed by atoms with Gasteiger partial charge in [-0.05, 0) is 37.0 Å². The number of aliphatic hydroxyl groups is 1. The summed E-state index contributed by atoms with van der Waals surface area (Å²) in [7, 11) is -3.01. The Hall–Kier alpha value is -2.54. The minimum atomic E-state index is -4.21. The first-order valence-electron chi connectivity index (χ1n) is 10.8. The highest BCUT2D eigenvalue weighted by molar-refractivity contribution is 9.11. The molecule has 12 nitrogen and oxygen atoms in total. The highest BCUT2D eigenvalue weighted by Gasteiger charge is 2.42. The summed E-state index contributed by atoms with van der Waals surface area (Å²) >= 11 is 3.08. The van der Waals surface area contributed by atoms with E-state index in [1.165, 1.54) is 38.2 Å². The highest BCUT2D eigenvalue weighted by atomic mass is 79.9. The van der Waals surface area contributed by atoms with Crippen LogP contribution in [0.25, 0.3) is 6.08 Å². The number of carbonyl (C=O) groups excluding carboxylic acids is 1. The molecule has 4 atom stereocenters. The zero-order valence-corrected chi connectivity index (χ0v) is 22.2. The number of hydrogen-bond donors (Lipinski definition) is 3. The molecule has 196 valence electrons. The number of halogens is 1. The second-order valence-corrected chi connectivity index (χ2v) is 10.6.